The number of anilines is 1. The molecule has 3 N–H and O–H groups in total. The first kappa shape index (κ1) is 15.0. The number of nitrogen functional groups attached to an aromatic ring is 1. The van der Waals surface area contributed by atoms with Crippen molar-refractivity contribution in [3.05, 3.63) is 58.3 Å². The molecule has 0 saturated carbocycles. The summed E-state index contributed by atoms with van der Waals surface area (Å²) in [5.74, 6) is 0. The second-order valence-corrected chi connectivity index (χ2v) is 5.78. The predicted molar refractivity (Wildman–Crippen MR) is 87.7 cm³/mol. The van der Waals surface area contributed by atoms with Crippen molar-refractivity contribution in [1.29, 1.82) is 0 Å². The van der Waals surface area contributed by atoms with Gasteiger partial charge in [0.1, 0.15) is 0 Å². The van der Waals surface area contributed by atoms with E-state index in [0.29, 0.717) is 6.04 Å². The molecule has 1 atom stereocenters. The quantitative estimate of drug-likeness (QED) is 0.853. The van der Waals surface area contributed by atoms with E-state index in [9.17, 15) is 0 Å². The molecule has 0 saturated heterocycles. The molecule has 1 unspecified atom stereocenters. The van der Waals surface area contributed by atoms with Crippen LogP contribution in [0.4, 0.5) is 5.69 Å². The van der Waals surface area contributed by atoms with Crippen LogP contribution in [-0.2, 0) is 12.8 Å². The summed E-state index contributed by atoms with van der Waals surface area (Å²) in [6, 6.07) is 10.7. The maximum absolute atomic E-state index is 6.01. The van der Waals surface area contributed by atoms with Gasteiger partial charge in [-0.05, 0) is 48.7 Å². The molecular formula is C16H20BrN3. The fraction of sp³-hybridized carbons (Fsp3) is 0.312. The Kier molecular flexibility index (Phi) is 5.56. The van der Waals surface area contributed by atoms with E-state index in [1.165, 1.54) is 5.56 Å². The molecule has 20 heavy (non-hydrogen) atoms. The lowest BCUT2D eigenvalue weighted by Gasteiger charge is -2.19. The molecule has 106 valence electrons. The van der Waals surface area contributed by atoms with Crippen molar-refractivity contribution < 1.29 is 0 Å². The Balaban J connectivity index is 2.09. The van der Waals surface area contributed by atoms with Gasteiger partial charge in [0.05, 0.1) is 0 Å². The van der Waals surface area contributed by atoms with E-state index < -0.39 is 0 Å². The molecular weight excluding hydrogens is 314 g/mol. The molecule has 0 aliphatic carbocycles. The maximum atomic E-state index is 6.01. The lowest BCUT2D eigenvalue weighted by molar-refractivity contribution is 0.521. The number of benzene rings is 1. The first-order valence-electron chi connectivity index (χ1n) is 6.85. The summed E-state index contributed by atoms with van der Waals surface area (Å²) >= 11 is 3.52. The number of hydrogen-bond donors (Lipinski definition) is 2. The van der Waals surface area contributed by atoms with Gasteiger partial charge in [0.15, 0.2) is 0 Å². The highest BCUT2D eigenvalue weighted by Crippen LogP contribution is 2.16. The molecule has 0 bridgehead atoms. The van der Waals surface area contributed by atoms with Crippen LogP contribution in [0.1, 0.15) is 18.1 Å². The summed E-state index contributed by atoms with van der Waals surface area (Å²) in [5.41, 5.74) is 9.24. The first-order chi connectivity index (χ1) is 9.69. The Bertz CT molecular complexity index is 557. The number of nitrogens with one attached hydrogen (secondary N) is 1. The summed E-state index contributed by atoms with van der Waals surface area (Å²) in [4.78, 5) is 4.16. The zero-order valence-corrected chi connectivity index (χ0v) is 13.2. The van der Waals surface area contributed by atoms with E-state index in [1.807, 2.05) is 18.3 Å². The van der Waals surface area contributed by atoms with Crippen molar-refractivity contribution in [3.8, 4) is 0 Å². The molecule has 3 nitrogen and oxygen atoms in total. The van der Waals surface area contributed by atoms with Gasteiger partial charge in [0.25, 0.3) is 0 Å². The molecule has 4 heteroatoms. The first-order valence-corrected chi connectivity index (χ1v) is 7.64. The third-order valence-electron chi connectivity index (χ3n) is 3.27. The minimum atomic E-state index is 0.362. The summed E-state index contributed by atoms with van der Waals surface area (Å²) in [7, 11) is 0. The monoisotopic (exact) mass is 333 g/mol. The molecule has 1 heterocycles. The summed E-state index contributed by atoms with van der Waals surface area (Å²) in [5, 5.41) is 3.53. The number of rotatable bonds is 6. The van der Waals surface area contributed by atoms with Crippen molar-refractivity contribution in [2.45, 2.75) is 25.8 Å². The Morgan fingerprint density at radius 3 is 2.85 bits per heavy atom. The number of halogens is 1. The molecule has 0 amide bonds. The van der Waals surface area contributed by atoms with E-state index >= 15 is 0 Å². The Morgan fingerprint density at radius 2 is 2.15 bits per heavy atom. The SMILES string of the molecule is CCNC(Cc1cccc(Br)c1)Cc1cnccc1N. The molecule has 0 radical (unpaired) electrons. The lowest BCUT2D eigenvalue weighted by atomic mass is 9.99. The zero-order valence-electron chi connectivity index (χ0n) is 11.6. The van der Waals surface area contributed by atoms with Crippen molar-refractivity contribution in [2.24, 2.45) is 0 Å². The fourth-order valence-corrected chi connectivity index (χ4v) is 2.77. The topological polar surface area (TPSA) is 50.9 Å². The van der Waals surface area contributed by atoms with Crippen LogP contribution in [0.5, 0.6) is 0 Å². The van der Waals surface area contributed by atoms with Crippen LogP contribution in [0, 0.1) is 0 Å². The highest BCUT2D eigenvalue weighted by molar-refractivity contribution is 9.10. The molecule has 0 spiro atoms. The van der Waals surface area contributed by atoms with Crippen LogP contribution >= 0.6 is 15.9 Å². The van der Waals surface area contributed by atoms with E-state index in [-0.39, 0.29) is 0 Å². The molecule has 2 aromatic rings. The van der Waals surface area contributed by atoms with Gasteiger partial charge in [-0.2, -0.15) is 0 Å². The number of nitrogens with two attached hydrogens (primary N) is 1. The number of hydrogen-bond acceptors (Lipinski definition) is 3. The zero-order chi connectivity index (χ0) is 14.4. The number of aromatic nitrogens is 1. The summed E-state index contributed by atoms with van der Waals surface area (Å²) < 4.78 is 1.12. The van der Waals surface area contributed by atoms with Crippen LogP contribution in [0.15, 0.2) is 47.2 Å². The predicted octanol–water partition coefficient (Wildman–Crippen LogP) is 3.19. The van der Waals surface area contributed by atoms with Gasteiger partial charge in [0, 0.05) is 28.6 Å². The minimum absolute atomic E-state index is 0.362. The van der Waals surface area contributed by atoms with Gasteiger partial charge in [0.2, 0.25) is 0 Å². The van der Waals surface area contributed by atoms with E-state index in [1.54, 1.807) is 6.20 Å². The van der Waals surface area contributed by atoms with Crippen molar-refractivity contribution in [1.82, 2.24) is 10.3 Å². The molecule has 0 aliphatic heterocycles. The van der Waals surface area contributed by atoms with Gasteiger partial charge >= 0.3 is 0 Å². The maximum Gasteiger partial charge on any atom is 0.0378 e. The van der Waals surface area contributed by atoms with Crippen molar-refractivity contribution in [3.63, 3.8) is 0 Å². The van der Waals surface area contributed by atoms with Crippen LogP contribution in [0.25, 0.3) is 0 Å². The van der Waals surface area contributed by atoms with Crippen molar-refractivity contribution in [2.75, 3.05) is 12.3 Å². The molecule has 1 aromatic carbocycles. The fourth-order valence-electron chi connectivity index (χ4n) is 2.33. The van der Waals surface area contributed by atoms with E-state index in [2.05, 4.69) is 51.4 Å². The van der Waals surface area contributed by atoms with Crippen molar-refractivity contribution >= 4 is 21.6 Å². The molecule has 0 fully saturated rings. The van der Waals surface area contributed by atoms with Crippen LogP contribution < -0.4 is 11.1 Å². The lowest BCUT2D eigenvalue weighted by Crippen LogP contribution is -2.33. The van der Waals surface area contributed by atoms with Crippen LogP contribution in [0.2, 0.25) is 0 Å². The van der Waals surface area contributed by atoms with Crippen LogP contribution in [-0.4, -0.2) is 17.6 Å². The largest absolute Gasteiger partial charge is 0.398 e. The third-order valence-corrected chi connectivity index (χ3v) is 3.76. The third kappa shape index (κ3) is 4.32. The average molecular weight is 334 g/mol. The number of likely N-dealkylation sites (N-methyl/N-ethyl adjacent to an activating group) is 1. The second-order valence-electron chi connectivity index (χ2n) is 4.87. The molecule has 1 aromatic heterocycles. The van der Waals surface area contributed by atoms with Gasteiger partial charge in [-0.3, -0.25) is 4.98 Å². The number of pyridine rings is 1. The highest BCUT2D eigenvalue weighted by atomic mass is 79.9. The standard InChI is InChI=1S/C16H20BrN3/c1-2-20-15(9-12-4-3-5-14(17)8-12)10-13-11-19-7-6-16(13)18/h3-8,11,15,20H,2,9-10H2,1H3,(H2,18,19). The second kappa shape index (κ2) is 7.41. The minimum Gasteiger partial charge on any atom is -0.398 e. The summed E-state index contributed by atoms with van der Waals surface area (Å²) in [6.07, 6.45) is 5.46. The highest BCUT2D eigenvalue weighted by Gasteiger charge is 2.11. The van der Waals surface area contributed by atoms with Gasteiger partial charge < -0.3 is 11.1 Å². The van der Waals surface area contributed by atoms with E-state index in [4.69, 9.17) is 5.73 Å². The van der Waals surface area contributed by atoms with Gasteiger partial charge in [-0.1, -0.05) is 35.0 Å². The Morgan fingerprint density at radius 1 is 1.30 bits per heavy atom. The summed E-state index contributed by atoms with van der Waals surface area (Å²) in [6.45, 7) is 3.07. The average Bonchev–Trinajstić information content (AvgIpc) is 2.42. The van der Waals surface area contributed by atoms with Crippen LogP contribution in [0.3, 0.4) is 0 Å². The Hall–Kier alpha value is -1.39. The van der Waals surface area contributed by atoms with Gasteiger partial charge in [-0.15, -0.1) is 0 Å². The molecule has 0 aliphatic rings. The van der Waals surface area contributed by atoms with E-state index in [0.717, 1.165) is 35.1 Å². The smallest absolute Gasteiger partial charge is 0.0378 e. The normalized spacial score (nSPS) is 12.3. The number of nitrogens with zero attached hydrogens (tertiary/aromatic N) is 1. The van der Waals surface area contributed by atoms with Gasteiger partial charge in [-0.25, -0.2) is 0 Å². The Labute approximate surface area is 128 Å². The molecule has 2 rings (SSSR count).